The molecule has 4 rings (SSSR count). The minimum atomic E-state index is -0.382. The normalized spacial score (nSPS) is 11.6. The zero-order valence-corrected chi connectivity index (χ0v) is 20.7. The van der Waals surface area contributed by atoms with Crippen LogP contribution in [0.3, 0.4) is 0 Å². The van der Waals surface area contributed by atoms with Gasteiger partial charge in [-0.05, 0) is 62.1 Å². The quantitative estimate of drug-likeness (QED) is 0.421. The zero-order chi connectivity index (χ0) is 25.3. The van der Waals surface area contributed by atoms with Crippen LogP contribution in [-0.4, -0.2) is 37.8 Å². The molecule has 0 spiro atoms. The van der Waals surface area contributed by atoms with E-state index in [-0.39, 0.29) is 35.5 Å². The number of rotatable bonds is 8. The highest BCUT2D eigenvalue weighted by molar-refractivity contribution is 5.98. The van der Waals surface area contributed by atoms with Crippen LogP contribution < -0.4 is 21.3 Å². The molecule has 9 nitrogen and oxygen atoms in total. The Bertz CT molecular complexity index is 1510. The van der Waals surface area contributed by atoms with Gasteiger partial charge in [0.25, 0.3) is 11.5 Å². The molecule has 0 saturated carbocycles. The number of carbonyl (C=O) groups is 1. The molecular formula is C26H31N5O4. The van der Waals surface area contributed by atoms with Crippen LogP contribution >= 0.6 is 0 Å². The lowest BCUT2D eigenvalue weighted by Crippen LogP contribution is -2.30. The van der Waals surface area contributed by atoms with Gasteiger partial charge < -0.3 is 10.1 Å². The number of methoxy groups -OCH3 is 1. The minimum Gasteiger partial charge on any atom is -0.497 e. The van der Waals surface area contributed by atoms with E-state index in [4.69, 9.17) is 4.74 Å². The van der Waals surface area contributed by atoms with Crippen molar-refractivity contribution in [1.29, 1.82) is 0 Å². The van der Waals surface area contributed by atoms with E-state index in [2.05, 4.69) is 24.3 Å². The Kier molecular flexibility index (Phi) is 6.77. The maximum Gasteiger partial charge on any atom is 0.352 e. The van der Waals surface area contributed by atoms with Crippen molar-refractivity contribution in [3.63, 3.8) is 0 Å². The fraction of sp³-hybridized carbons (Fsp3) is 0.385. The molecule has 0 atom stereocenters. The lowest BCUT2D eigenvalue weighted by molar-refractivity contribution is 0.0943. The van der Waals surface area contributed by atoms with E-state index in [1.165, 1.54) is 9.08 Å². The maximum atomic E-state index is 13.6. The molecule has 0 aliphatic heterocycles. The number of amides is 1. The zero-order valence-electron chi connectivity index (χ0n) is 20.7. The Balaban J connectivity index is 1.95. The molecule has 0 bridgehead atoms. The second kappa shape index (κ2) is 9.77. The van der Waals surface area contributed by atoms with Crippen LogP contribution in [0.2, 0.25) is 0 Å². The van der Waals surface area contributed by atoms with Gasteiger partial charge >= 0.3 is 5.69 Å². The number of carbonyl (C=O) groups excluding carboxylic acids is 1. The van der Waals surface area contributed by atoms with Crippen molar-refractivity contribution >= 4 is 22.6 Å². The van der Waals surface area contributed by atoms with Crippen LogP contribution in [0, 0.1) is 5.92 Å². The van der Waals surface area contributed by atoms with E-state index in [0.717, 1.165) is 12.0 Å². The molecule has 0 fully saturated rings. The predicted molar refractivity (Wildman–Crippen MR) is 135 cm³/mol. The fourth-order valence-electron chi connectivity index (χ4n) is 4.04. The van der Waals surface area contributed by atoms with Crippen molar-refractivity contribution in [2.24, 2.45) is 5.92 Å². The Morgan fingerprint density at radius 3 is 2.54 bits per heavy atom. The summed E-state index contributed by atoms with van der Waals surface area (Å²) in [6, 6.07) is 12.2. The highest BCUT2D eigenvalue weighted by Crippen LogP contribution is 2.17. The summed E-state index contributed by atoms with van der Waals surface area (Å²) in [4.78, 5) is 39.7. The summed E-state index contributed by atoms with van der Waals surface area (Å²) >= 11 is 0. The van der Waals surface area contributed by atoms with E-state index in [1.807, 2.05) is 38.1 Å². The number of fused-ring (bicyclic) bond motifs is 3. The number of nitrogens with zero attached hydrogens (tertiary/aromatic N) is 4. The number of hydrogen-bond donors (Lipinski definition) is 1. The summed E-state index contributed by atoms with van der Waals surface area (Å²) in [6.45, 7) is 8.55. The number of hydrogen-bond acceptors (Lipinski definition) is 5. The van der Waals surface area contributed by atoms with Gasteiger partial charge in [-0.2, -0.15) is 0 Å². The van der Waals surface area contributed by atoms with Gasteiger partial charge in [-0.3, -0.25) is 14.2 Å². The maximum absolute atomic E-state index is 13.6. The van der Waals surface area contributed by atoms with Crippen molar-refractivity contribution in [1.82, 2.24) is 24.1 Å². The molecule has 1 N–H and O–H groups in total. The monoisotopic (exact) mass is 477 g/mol. The van der Waals surface area contributed by atoms with Gasteiger partial charge in [0.1, 0.15) is 5.75 Å². The summed E-state index contributed by atoms with van der Waals surface area (Å²) in [6.07, 6.45) is 0.757. The van der Waals surface area contributed by atoms with Crippen molar-refractivity contribution < 1.29 is 9.53 Å². The topological polar surface area (TPSA) is 99.6 Å². The molecule has 184 valence electrons. The standard InChI is InChI=1S/C26H31N5O4/c1-16(2)11-12-29-24(33)21-10-9-19(23(32)27-17(3)4)14-22(21)31-25(29)28-30(26(31)34)15-18-7-6-8-20(13-18)35-5/h6-10,13-14,16-17H,11-12,15H2,1-5H3,(H,27,32). The molecule has 0 aliphatic rings. The Morgan fingerprint density at radius 2 is 1.86 bits per heavy atom. The van der Waals surface area contributed by atoms with E-state index >= 15 is 0 Å². The summed E-state index contributed by atoms with van der Waals surface area (Å²) in [5.74, 6) is 1.04. The van der Waals surface area contributed by atoms with Gasteiger partial charge in [-0.25, -0.2) is 13.9 Å². The van der Waals surface area contributed by atoms with Crippen LogP contribution in [0.5, 0.6) is 5.75 Å². The van der Waals surface area contributed by atoms with Gasteiger partial charge in [0.15, 0.2) is 0 Å². The first kappa shape index (κ1) is 24.3. The summed E-state index contributed by atoms with van der Waals surface area (Å²) in [7, 11) is 1.59. The molecule has 2 aromatic carbocycles. The third-order valence-electron chi connectivity index (χ3n) is 5.86. The third-order valence-corrected chi connectivity index (χ3v) is 5.86. The lowest BCUT2D eigenvalue weighted by atomic mass is 10.1. The average molecular weight is 478 g/mol. The van der Waals surface area contributed by atoms with Gasteiger partial charge in [-0.15, -0.1) is 5.10 Å². The smallest absolute Gasteiger partial charge is 0.352 e. The predicted octanol–water partition coefficient (Wildman–Crippen LogP) is 3.05. The first-order valence-corrected chi connectivity index (χ1v) is 11.8. The molecule has 0 unspecified atom stereocenters. The van der Waals surface area contributed by atoms with Gasteiger partial charge in [0.2, 0.25) is 5.78 Å². The van der Waals surface area contributed by atoms with Crippen molar-refractivity contribution in [2.75, 3.05) is 7.11 Å². The van der Waals surface area contributed by atoms with Crippen LogP contribution in [0.1, 0.15) is 50.0 Å². The first-order valence-electron chi connectivity index (χ1n) is 11.8. The lowest BCUT2D eigenvalue weighted by Gasteiger charge is -2.12. The van der Waals surface area contributed by atoms with Crippen LogP contribution in [0.4, 0.5) is 0 Å². The van der Waals surface area contributed by atoms with E-state index in [9.17, 15) is 14.4 Å². The molecule has 9 heteroatoms. The van der Waals surface area contributed by atoms with Crippen LogP contribution in [0.15, 0.2) is 52.1 Å². The highest BCUT2D eigenvalue weighted by atomic mass is 16.5. The van der Waals surface area contributed by atoms with Crippen molar-refractivity contribution in [3.8, 4) is 5.75 Å². The SMILES string of the molecule is COc1cccc(Cn2nc3n(CCC(C)C)c(=O)c4ccc(C(=O)NC(C)C)cc4n3c2=O)c1. The van der Waals surface area contributed by atoms with E-state index in [1.54, 1.807) is 29.9 Å². The molecule has 0 saturated heterocycles. The second-order valence-corrected chi connectivity index (χ2v) is 9.43. The summed E-state index contributed by atoms with van der Waals surface area (Å²) in [5.41, 5.74) is 0.964. The second-order valence-electron chi connectivity index (χ2n) is 9.43. The van der Waals surface area contributed by atoms with Gasteiger partial charge in [0, 0.05) is 18.2 Å². The number of nitrogens with one attached hydrogen (secondary N) is 1. The summed E-state index contributed by atoms with van der Waals surface area (Å²) < 4.78 is 9.63. The number of aromatic nitrogens is 4. The van der Waals surface area contributed by atoms with Crippen LogP contribution in [-0.2, 0) is 13.1 Å². The number of ether oxygens (including phenoxy) is 1. The largest absolute Gasteiger partial charge is 0.497 e. The molecule has 0 radical (unpaired) electrons. The van der Waals surface area contributed by atoms with E-state index < -0.39 is 0 Å². The minimum absolute atomic E-state index is 0.0458. The Hall–Kier alpha value is -3.88. The Morgan fingerprint density at radius 1 is 1.09 bits per heavy atom. The highest BCUT2D eigenvalue weighted by Gasteiger charge is 2.19. The molecule has 2 aromatic heterocycles. The van der Waals surface area contributed by atoms with Crippen molar-refractivity contribution in [3.05, 3.63) is 74.4 Å². The van der Waals surface area contributed by atoms with Crippen LogP contribution in [0.25, 0.3) is 16.7 Å². The molecule has 0 aliphatic carbocycles. The fourth-order valence-corrected chi connectivity index (χ4v) is 4.04. The molecular weight excluding hydrogens is 446 g/mol. The Labute approximate surface area is 202 Å². The van der Waals surface area contributed by atoms with E-state index in [0.29, 0.717) is 34.7 Å². The molecule has 1 amide bonds. The average Bonchev–Trinajstić information content (AvgIpc) is 3.13. The molecule has 35 heavy (non-hydrogen) atoms. The van der Waals surface area contributed by atoms with Crippen molar-refractivity contribution in [2.45, 2.75) is 53.2 Å². The van der Waals surface area contributed by atoms with Gasteiger partial charge in [-0.1, -0.05) is 26.0 Å². The summed E-state index contributed by atoms with van der Waals surface area (Å²) in [5, 5.41) is 7.78. The first-order chi connectivity index (χ1) is 16.7. The number of benzene rings is 2. The molecule has 2 heterocycles. The van der Waals surface area contributed by atoms with Gasteiger partial charge in [0.05, 0.1) is 24.6 Å². The third kappa shape index (κ3) is 4.84. The molecule has 4 aromatic rings. The number of aryl methyl sites for hydroxylation is 1.